The number of rotatable bonds is 5. The van der Waals surface area contributed by atoms with Gasteiger partial charge in [-0.25, -0.2) is 4.68 Å². The van der Waals surface area contributed by atoms with Crippen LogP contribution in [0.3, 0.4) is 0 Å². The number of alkyl halides is 3. The largest absolute Gasteiger partial charge is 0.431 e. The lowest BCUT2D eigenvalue weighted by Crippen LogP contribution is -2.43. The summed E-state index contributed by atoms with van der Waals surface area (Å²) in [6.45, 7) is 0. The topological polar surface area (TPSA) is 90.4 Å². The Morgan fingerprint density at radius 3 is 2.60 bits per heavy atom. The number of tetrazole rings is 2. The fourth-order valence-electron chi connectivity index (χ4n) is 2.32. The summed E-state index contributed by atoms with van der Waals surface area (Å²) >= 11 is 1.40. The van der Waals surface area contributed by atoms with Crippen LogP contribution in [-0.4, -0.2) is 58.4 Å². The summed E-state index contributed by atoms with van der Waals surface area (Å²) in [5.74, 6) is 1.35. The van der Waals surface area contributed by atoms with Gasteiger partial charge >= 0.3 is 6.18 Å². The van der Waals surface area contributed by atoms with Crippen LogP contribution in [0, 0.1) is 0 Å². The van der Waals surface area contributed by atoms with Gasteiger partial charge in [0.1, 0.15) is 5.70 Å². The molecule has 0 N–H and O–H groups in total. The van der Waals surface area contributed by atoms with Crippen molar-refractivity contribution in [2.45, 2.75) is 18.0 Å². The van der Waals surface area contributed by atoms with Crippen molar-refractivity contribution in [1.82, 2.24) is 40.4 Å². The smallest absolute Gasteiger partial charge is 0.297 e. The number of allylic oxidation sites excluding steroid dienone is 3. The lowest BCUT2D eigenvalue weighted by Gasteiger charge is -2.34. The standard InChI is InChI=1S/C12H14F3N9S/c1-22-11(17-19-21-22)24-8(4-3-5-9(24)12(13,14)15)6-25-7-10-16-20-23(2)18-10/h3-5,8H,6-7H2,1-2H3. The molecule has 0 spiro atoms. The maximum absolute atomic E-state index is 13.4. The van der Waals surface area contributed by atoms with Crippen molar-refractivity contribution in [3.05, 3.63) is 29.7 Å². The molecule has 2 aromatic heterocycles. The molecule has 25 heavy (non-hydrogen) atoms. The summed E-state index contributed by atoms with van der Waals surface area (Å²) in [5.41, 5.74) is -0.809. The molecular formula is C12H14F3N9S. The minimum atomic E-state index is -4.52. The van der Waals surface area contributed by atoms with Gasteiger partial charge in [0.25, 0.3) is 0 Å². The van der Waals surface area contributed by atoms with Crippen molar-refractivity contribution in [2.24, 2.45) is 14.1 Å². The van der Waals surface area contributed by atoms with Crippen LogP contribution < -0.4 is 4.90 Å². The Labute approximate surface area is 144 Å². The quantitative estimate of drug-likeness (QED) is 0.762. The Bertz CT molecular complexity index is 794. The second kappa shape index (κ2) is 6.82. The summed E-state index contributed by atoms with van der Waals surface area (Å²) in [7, 11) is 3.14. The molecule has 0 amide bonds. The number of hydrogen-bond donors (Lipinski definition) is 0. The average Bonchev–Trinajstić information content (AvgIpc) is 3.15. The van der Waals surface area contributed by atoms with Crippen LogP contribution in [-0.2, 0) is 19.8 Å². The van der Waals surface area contributed by atoms with Crippen molar-refractivity contribution in [2.75, 3.05) is 10.7 Å². The van der Waals surface area contributed by atoms with Gasteiger partial charge in [0, 0.05) is 12.8 Å². The monoisotopic (exact) mass is 373 g/mol. The van der Waals surface area contributed by atoms with Crippen LogP contribution in [0.1, 0.15) is 5.82 Å². The predicted octanol–water partition coefficient (Wildman–Crippen LogP) is 0.858. The SMILES string of the molecule is Cn1nnc(CSCC2C=CC=C(C(F)(F)F)N2c2nnnn2C)n1. The highest BCUT2D eigenvalue weighted by Crippen LogP contribution is 2.35. The Hall–Kier alpha value is -2.44. The molecule has 0 aromatic carbocycles. The molecule has 2 aromatic rings. The third-order valence-electron chi connectivity index (χ3n) is 3.35. The number of halogens is 3. The molecule has 0 bridgehead atoms. The van der Waals surface area contributed by atoms with Crippen LogP contribution in [0.2, 0.25) is 0 Å². The first kappa shape index (κ1) is 17.4. The molecule has 1 atom stereocenters. The van der Waals surface area contributed by atoms with E-state index in [2.05, 4.69) is 30.9 Å². The Morgan fingerprint density at radius 2 is 2.00 bits per heavy atom. The van der Waals surface area contributed by atoms with Gasteiger partial charge in [-0.3, -0.25) is 4.90 Å². The normalized spacial score (nSPS) is 17.9. The summed E-state index contributed by atoms with van der Waals surface area (Å²) in [4.78, 5) is 2.43. The highest BCUT2D eigenvalue weighted by Gasteiger charge is 2.42. The number of thioether (sulfide) groups is 1. The van der Waals surface area contributed by atoms with Crippen LogP contribution in [0.5, 0.6) is 0 Å². The van der Waals surface area contributed by atoms with E-state index >= 15 is 0 Å². The lowest BCUT2D eigenvalue weighted by atomic mass is 10.1. The number of hydrogen-bond acceptors (Lipinski definition) is 8. The Balaban J connectivity index is 1.78. The van der Waals surface area contributed by atoms with Crippen molar-refractivity contribution >= 4 is 17.7 Å². The molecular weight excluding hydrogens is 359 g/mol. The van der Waals surface area contributed by atoms with E-state index in [-0.39, 0.29) is 5.95 Å². The predicted molar refractivity (Wildman–Crippen MR) is 83.3 cm³/mol. The first-order chi connectivity index (χ1) is 11.9. The molecule has 1 aliphatic rings. The first-order valence-electron chi connectivity index (χ1n) is 7.14. The highest BCUT2D eigenvalue weighted by molar-refractivity contribution is 7.98. The van der Waals surface area contributed by atoms with Gasteiger partial charge in [0.05, 0.1) is 18.8 Å². The van der Waals surface area contributed by atoms with Gasteiger partial charge in [-0.15, -0.1) is 10.2 Å². The number of anilines is 1. The van der Waals surface area contributed by atoms with Crippen LogP contribution >= 0.6 is 11.8 Å². The second-order valence-electron chi connectivity index (χ2n) is 5.18. The molecule has 9 nitrogen and oxygen atoms in total. The maximum Gasteiger partial charge on any atom is 0.431 e. The molecule has 1 unspecified atom stereocenters. The zero-order valence-electron chi connectivity index (χ0n) is 13.3. The zero-order valence-corrected chi connectivity index (χ0v) is 14.1. The minimum absolute atomic E-state index is 0.0242. The molecule has 134 valence electrons. The van der Waals surface area contributed by atoms with E-state index < -0.39 is 17.9 Å². The van der Waals surface area contributed by atoms with Gasteiger partial charge in [-0.05, 0) is 21.7 Å². The van der Waals surface area contributed by atoms with Crippen molar-refractivity contribution < 1.29 is 13.2 Å². The van der Waals surface area contributed by atoms with Gasteiger partial charge in [0.15, 0.2) is 5.82 Å². The van der Waals surface area contributed by atoms with E-state index in [1.54, 1.807) is 13.1 Å². The molecule has 3 heterocycles. The van der Waals surface area contributed by atoms with E-state index in [9.17, 15) is 13.2 Å². The van der Waals surface area contributed by atoms with E-state index in [1.165, 1.54) is 34.4 Å². The second-order valence-corrected chi connectivity index (χ2v) is 6.21. The van der Waals surface area contributed by atoms with Crippen molar-refractivity contribution in [3.63, 3.8) is 0 Å². The van der Waals surface area contributed by atoms with Gasteiger partial charge < -0.3 is 0 Å². The molecule has 0 saturated heterocycles. The van der Waals surface area contributed by atoms with Crippen LogP contribution in [0.15, 0.2) is 23.9 Å². The van der Waals surface area contributed by atoms with Gasteiger partial charge in [0.2, 0.25) is 5.95 Å². The average molecular weight is 373 g/mol. The van der Waals surface area contributed by atoms with E-state index in [0.717, 1.165) is 11.0 Å². The molecule has 0 aliphatic carbocycles. The Morgan fingerprint density at radius 1 is 1.20 bits per heavy atom. The number of aryl methyl sites for hydroxylation is 2. The maximum atomic E-state index is 13.4. The molecule has 0 fully saturated rings. The fraction of sp³-hybridized carbons (Fsp3) is 0.500. The summed E-state index contributed by atoms with van der Waals surface area (Å²) in [5, 5.41) is 22.4. The molecule has 0 saturated carbocycles. The lowest BCUT2D eigenvalue weighted by molar-refractivity contribution is -0.0940. The van der Waals surface area contributed by atoms with Gasteiger partial charge in [-0.1, -0.05) is 17.3 Å². The zero-order chi connectivity index (χ0) is 18.0. The Kier molecular flexibility index (Phi) is 4.74. The third kappa shape index (κ3) is 3.81. The fourth-order valence-corrected chi connectivity index (χ4v) is 3.24. The van der Waals surface area contributed by atoms with E-state index in [0.29, 0.717) is 17.3 Å². The summed E-state index contributed by atoms with van der Waals surface area (Å²) in [6.07, 6.45) is -0.428. The first-order valence-corrected chi connectivity index (χ1v) is 8.29. The highest BCUT2D eigenvalue weighted by atomic mass is 32.2. The van der Waals surface area contributed by atoms with E-state index in [4.69, 9.17) is 0 Å². The summed E-state index contributed by atoms with van der Waals surface area (Å²) in [6, 6.07) is -0.562. The number of nitrogens with zero attached hydrogens (tertiary/aromatic N) is 9. The van der Waals surface area contributed by atoms with Gasteiger partial charge in [-0.2, -0.15) is 29.7 Å². The molecule has 3 rings (SSSR count). The molecule has 0 radical (unpaired) electrons. The molecule has 13 heteroatoms. The van der Waals surface area contributed by atoms with Crippen LogP contribution in [0.25, 0.3) is 0 Å². The van der Waals surface area contributed by atoms with Crippen molar-refractivity contribution in [1.29, 1.82) is 0 Å². The number of aromatic nitrogens is 8. The third-order valence-corrected chi connectivity index (χ3v) is 4.39. The minimum Gasteiger partial charge on any atom is -0.297 e. The summed E-state index contributed by atoms with van der Waals surface area (Å²) < 4.78 is 41.5. The molecule has 1 aliphatic heterocycles. The van der Waals surface area contributed by atoms with Crippen molar-refractivity contribution in [3.8, 4) is 0 Å². The van der Waals surface area contributed by atoms with E-state index in [1.807, 2.05) is 0 Å². The van der Waals surface area contributed by atoms with Crippen LogP contribution in [0.4, 0.5) is 19.1 Å².